The molecule has 3 N–H and O–H groups in total. The molecule has 0 atom stereocenters. The second-order valence-electron chi connectivity index (χ2n) is 3.81. The SMILES string of the molecule is Cc1cc(Br)cc([N+](=O)[O-])c1OCc1nnsc1NN. The molecule has 1 aromatic heterocycles. The molecule has 10 heteroatoms. The van der Waals surface area contributed by atoms with Crippen molar-refractivity contribution in [2.75, 3.05) is 5.43 Å². The van der Waals surface area contributed by atoms with Crippen molar-refractivity contribution in [2.45, 2.75) is 13.5 Å². The molecule has 20 heavy (non-hydrogen) atoms. The van der Waals surface area contributed by atoms with Gasteiger partial charge in [-0.25, -0.2) is 5.84 Å². The first kappa shape index (κ1) is 14.6. The van der Waals surface area contributed by atoms with E-state index < -0.39 is 4.92 Å². The zero-order valence-corrected chi connectivity index (χ0v) is 12.7. The van der Waals surface area contributed by atoms with Crippen molar-refractivity contribution in [2.24, 2.45) is 5.84 Å². The third-order valence-electron chi connectivity index (χ3n) is 2.46. The maximum Gasteiger partial charge on any atom is 0.312 e. The summed E-state index contributed by atoms with van der Waals surface area (Å²) in [5, 5.41) is 15.5. The number of nitrogens with two attached hydrogens (primary N) is 1. The van der Waals surface area contributed by atoms with Gasteiger partial charge in [-0.05, 0) is 18.6 Å². The first-order valence-electron chi connectivity index (χ1n) is 5.38. The van der Waals surface area contributed by atoms with Crippen molar-refractivity contribution in [3.8, 4) is 5.75 Å². The molecule has 0 saturated carbocycles. The molecule has 2 aromatic rings. The first-order valence-corrected chi connectivity index (χ1v) is 6.94. The van der Waals surface area contributed by atoms with E-state index in [-0.39, 0.29) is 18.0 Å². The molecule has 0 unspecified atom stereocenters. The minimum absolute atomic E-state index is 0.0410. The molecule has 1 heterocycles. The van der Waals surface area contributed by atoms with Gasteiger partial charge in [0, 0.05) is 22.1 Å². The molecule has 0 aliphatic carbocycles. The van der Waals surface area contributed by atoms with E-state index in [0.717, 1.165) is 11.5 Å². The van der Waals surface area contributed by atoms with Crippen LogP contribution in [0.15, 0.2) is 16.6 Å². The summed E-state index contributed by atoms with van der Waals surface area (Å²) in [6.45, 7) is 1.77. The second kappa shape index (κ2) is 6.11. The van der Waals surface area contributed by atoms with Gasteiger partial charge in [0.05, 0.1) is 4.92 Å². The summed E-state index contributed by atoms with van der Waals surface area (Å²) < 4.78 is 9.86. The normalized spacial score (nSPS) is 10.3. The minimum atomic E-state index is -0.492. The lowest BCUT2D eigenvalue weighted by molar-refractivity contribution is -0.386. The van der Waals surface area contributed by atoms with Gasteiger partial charge in [-0.1, -0.05) is 20.4 Å². The molecular weight excluding hydrogens is 350 g/mol. The molecule has 1 aromatic carbocycles. The highest BCUT2D eigenvalue weighted by atomic mass is 79.9. The van der Waals surface area contributed by atoms with Crippen LogP contribution in [0, 0.1) is 17.0 Å². The summed E-state index contributed by atoms with van der Waals surface area (Å²) in [7, 11) is 0. The summed E-state index contributed by atoms with van der Waals surface area (Å²) in [5.41, 5.74) is 3.48. The van der Waals surface area contributed by atoms with Crippen molar-refractivity contribution in [3.05, 3.63) is 38.0 Å². The van der Waals surface area contributed by atoms with E-state index in [1.807, 2.05) is 0 Å². The lowest BCUT2D eigenvalue weighted by atomic mass is 10.2. The summed E-state index contributed by atoms with van der Waals surface area (Å²) in [5.74, 6) is 5.51. The number of rotatable bonds is 5. The van der Waals surface area contributed by atoms with Gasteiger partial charge in [0.15, 0.2) is 5.00 Å². The van der Waals surface area contributed by atoms with E-state index in [1.165, 1.54) is 6.07 Å². The number of nitro groups is 1. The molecule has 0 saturated heterocycles. The number of anilines is 1. The van der Waals surface area contributed by atoms with Gasteiger partial charge >= 0.3 is 5.69 Å². The molecular formula is C10H10BrN5O3S. The Balaban J connectivity index is 2.27. The van der Waals surface area contributed by atoms with Gasteiger partial charge in [-0.3, -0.25) is 10.1 Å². The largest absolute Gasteiger partial charge is 0.480 e. The predicted molar refractivity (Wildman–Crippen MR) is 77.6 cm³/mol. The van der Waals surface area contributed by atoms with Crippen molar-refractivity contribution in [3.63, 3.8) is 0 Å². The summed E-state index contributed by atoms with van der Waals surface area (Å²) in [6.07, 6.45) is 0. The molecule has 8 nitrogen and oxygen atoms in total. The van der Waals surface area contributed by atoms with Crippen molar-refractivity contribution in [1.82, 2.24) is 9.59 Å². The van der Waals surface area contributed by atoms with Crippen LogP contribution < -0.4 is 16.0 Å². The van der Waals surface area contributed by atoms with Gasteiger partial charge in [0.1, 0.15) is 12.3 Å². The zero-order valence-electron chi connectivity index (χ0n) is 10.3. The van der Waals surface area contributed by atoms with E-state index in [4.69, 9.17) is 10.6 Å². The third-order valence-corrected chi connectivity index (χ3v) is 3.61. The Morgan fingerprint density at radius 2 is 2.35 bits per heavy atom. The van der Waals surface area contributed by atoms with Crippen LogP contribution in [0.2, 0.25) is 0 Å². The number of aromatic nitrogens is 2. The van der Waals surface area contributed by atoms with Crippen LogP contribution in [-0.4, -0.2) is 14.5 Å². The van der Waals surface area contributed by atoms with Crippen molar-refractivity contribution >= 4 is 38.2 Å². The number of halogens is 1. The third kappa shape index (κ3) is 3.03. The number of nitrogens with one attached hydrogen (secondary N) is 1. The van der Waals surface area contributed by atoms with Crippen molar-refractivity contribution in [1.29, 1.82) is 0 Å². The molecule has 2 rings (SSSR count). The van der Waals surface area contributed by atoms with Crippen LogP contribution in [0.5, 0.6) is 5.75 Å². The predicted octanol–water partition coefficient (Wildman–Crippen LogP) is 2.38. The highest BCUT2D eigenvalue weighted by Crippen LogP contribution is 2.35. The Morgan fingerprint density at radius 1 is 1.60 bits per heavy atom. The molecule has 0 aliphatic heterocycles. The number of nitrogen functional groups attached to an aromatic ring is 1. The Labute approximate surface area is 126 Å². The van der Waals surface area contributed by atoms with Gasteiger partial charge < -0.3 is 10.2 Å². The summed E-state index contributed by atoms with van der Waals surface area (Å²) in [6, 6.07) is 3.13. The fourth-order valence-corrected chi connectivity index (χ4v) is 2.63. The molecule has 0 spiro atoms. The van der Waals surface area contributed by atoms with Crippen LogP contribution >= 0.6 is 27.5 Å². The van der Waals surface area contributed by atoms with E-state index in [0.29, 0.717) is 20.7 Å². The lowest BCUT2D eigenvalue weighted by Crippen LogP contribution is -2.09. The van der Waals surface area contributed by atoms with E-state index in [2.05, 4.69) is 30.9 Å². The van der Waals surface area contributed by atoms with Crippen LogP contribution in [-0.2, 0) is 6.61 Å². The highest BCUT2D eigenvalue weighted by molar-refractivity contribution is 9.10. The number of nitrogens with zero attached hydrogens (tertiary/aromatic N) is 3. The summed E-state index contributed by atoms with van der Waals surface area (Å²) in [4.78, 5) is 10.6. The molecule has 0 amide bonds. The molecule has 0 aliphatic rings. The number of ether oxygens (including phenoxy) is 1. The second-order valence-corrected chi connectivity index (χ2v) is 5.48. The Morgan fingerprint density at radius 3 is 3.00 bits per heavy atom. The topological polar surface area (TPSA) is 116 Å². The van der Waals surface area contributed by atoms with Gasteiger partial charge in [0.2, 0.25) is 5.75 Å². The molecule has 0 radical (unpaired) electrons. The fourth-order valence-electron chi connectivity index (χ4n) is 1.59. The van der Waals surface area contributed by atoms with Gasteiger partial charge in [-0.15, -0.1) is 5.10 Å². The maximum atomic E-state index is 11.1. The minimum Gasteiger partial charge on any atom is -0.480 e. The van der Waals surface area contributed by atoms with Crippen LogP contribution in [0.1, 0.15) is 11.3 Å². The summed E-state index contributed by atoms with van der Waals surface area (Å²) >= 11 is 4.30. The number of hydrogen-bond donors (Lipinski definition) is 2. The van der Waals surface area contributed by atoms with Crippen LogP contribution in [0.3, 0.4) is 0 Å². The van der Waals surface area contributed by atoms with Gasteiger partial charge in [-0.2, -0.15) is 0 Å². The molecule has 0 fully saturated rings. The van der Waals surface area contributed by atoms with E-state index in [9.17, 15) is 10.1 Å². The van der Waals surface area contributed by atoms with E-state index in [1.54, 1.807) is 13.0 Å². The van der Waals surface area contributed by atoms with Gasteiger partial charge in [0.25, 0.3) is 0 Å². The number of nitro benzene ring substituents is 1. The Bertz CT molecular complexity index is 648. The fraction of sp³-hybridized carbons (Fsp3) is 0.200. The number of aryl methyl sites for hydroxylation is 1. The van der Waals surface area contributed by atoms with E-state index >= 15 is 0 Å². The first-order chi connectivity index (χ1) is 9.52. The average molecular weight is 360 g/mol. The van der Waals surface area contributed by atoms with Crippen LogP contribution in [0.4, 0.5) is 10.7 Å². The Hall–Kier alpha value is -1.78. The number of benzene rings is 1. The molecule has 106 valence electrons. The van der Waals surface area contributed by atoms with Crippen molar-refractivity contribution < 1.29 is 9.66 Å². The number of hydrazine groups is 1. The van der Waals surface area contributed by atoms with Crippen LogP contribution in [0.25, 0.3) is 0 Å². The number of hydrogen-bond acceptors (Lipinski definition) is 8. The average Bonchev–Trinajstić information content (AvgIpc) is 2.84. The quantitative estimate of drug-likeness (QED) is 0.478. The lowest BCUT2D eigenvalue weighted by Gasteiger charge is -2.09. The zero-order chi connectivity index (χ0) is 14.7. The Kier molecular flexibility index (Phi) is 4.47. The smallest absolute Gasteiger partial charge is 0.312 e. The highest BCUT2D eigenvalue weighted by Gasteiger charge is 2.20. The monoisotopic (exact) mass is 359 g/mol. The molecule has 0 bridgehead atoms. The maximum absolute atomic E-state index is 11.1. The standard InChI is InChI=1S/C10H10BrN5O3S/c1-5-2-6(11)3-8(16(17)18)9(5)19-4-7-10(13-12)20-15-14-7/h2-3,13H,4,12H2,1H3.